The summed E-state index contributed by atoms with van der Waals surface area (Å²) < 4.78 is 5.17. The van der Waals surface area contributed by atoms with Crippen LogP contribution in [0.15, 0.2) is 60.7 Å². The van der Waals surface area contributed by atoms with Gasteiger partial charge in [-0.1, -0.05) is 60.2 Å². The average molecular weight is 334 g/mol. The highest BCUT2D eigenvalue weighted by Crippen LogP contribution is 2.40. The van der Waals surface area contributed by atoms with E-state index >= 15 is 0 Å². The number of ether oxygens (including phenoxy) is 1. The molecule has 0 aromatic heterocycles. The van der Waals surface area contributed by atoms with Crippen molar-refractivity contribution in [3.63, 3.8) is 0 Å². The summed E-state index contributed by atoms with van der Waals surface area (Å²) in [6.07, 6.45) is 2.26. The Morgan fingerprint density at radius 2 is 1.88 bits per heavy atom. The summed E-state index contributed by atoms with van der Waals surface area (Å²) in [6.45, 7) is 4.07. The number of hydrogen-bond acceptors (Lipinski definition) is 3. The molecule has 0 saturated heterocycles. The Hall–Kier alpha value is -2.68. The van der Waals surface area contributed by atoms with Crippen LogP contribution < -0.4 is 0 Å². The summed E-state index contributed by atoms with van der Waals surface area (Å²) in [6, 6.07) is 17.9. The molecule has 3 heteroatoms. The fraction of sp³-hybridized carbons (Fsp3) is 0.273. The van der Waals surface area contributed by atoms with Crippen molar-refractivity contribution in [2.45, 2.75) is 26.2 Å². The molecule has 3 nitrogen and oxygen atoms in total. The van der Waals surface area contributed by atoms with Crippen molar-refractivity contribution in [2.75, 3.05) is 6.61 Å². The standard InChI is InChI=1S/C22H22O3/c1-3-25-22(24)21-19(16-9-5-4-6-10-16)13-18(14-20(21)23)17-11-7-8-15(2)12-17/h4-12,14,19,21H,3,13H2,1-2H3/t19-,21-/m0/s1. The third kappa shape index (κ3) is 3.71. The van der Waals surface area contributed by atoms with Crippen LogP contribution in [0.5, 0.6) is 0 Å². The van der Waals surface area contributed by atoms with Crippen molar-refractivity contribution in [1.82, 2.24) is 0 Å². The zero-order chi connectivity index (χ0) is 17.8. The summed E-state index contributed by atoms with van der Waals surface area (Å²) >= 11 is 0. The molecule has 0 radical (unpaired) electrons. The molecule has 0 heterocycles. The van der Waals surface area contributed by atoms with Gasteiger partial charge in [0.1, 0.15) is 5.92 Å². The van der Waals surface area contributed by atoms with Gasteiger partial charge in [-0.15, -0.1) is 0 Å². The van der Waals surface area contributed by atoms with E-state index in [0.717, 1.165) is 22.3 Å². The Balaban J connectivity index is 2.02. The van der Waals surface area contributed by atoms with E-state index in [1.54, 1.807) is 13.0 Å². The van der Waals surface area contributed by atoms with Gasteiger partial charge in [-0.05, 0) is 43.0 Å². The van der Waals surface area contributed by atoms with Crippen molar-refractivity contribution in [3.8, 4) is 0 Å². The summed E-state index contributed by atoms with van der Waals surface area (Å²) in [5.74, 6) is -1.57. The van der Waals surface area contributed by atoms with E-state index in [1.165, 1.54) is 0 Å². The van der Waals surface area contributed by atoms with Crippen LogP contribution >= 0.6 is 0 Å². The number of ketones is 1. The maximum Gasteiger partial charge on any atom is 0.317 e. The lowest BCUT2D eigenvalue weighted by molar-refractivity contribution is -0.151. The van der Waals surface area contributed by atoms with Gasteiger partial charge in [0, 0.05) is 5.92 Å². The van der Waals surface area contributed by atoms with Crippen molar-refractivity contribution in [1.29, 1.82) is 0 Å². The van der Waals surface area contributed by atoms with Crippen LogP contribution in [0.4, 0.5) is 0 Å². The molecule has 2 atom stereocenters. The van der Waals surface area contributed by atoms with Crippen molar-refractivity contribution < 1.29 is 14.3 Å². The predicted octanol–water partition coefficient (Wildman–Crippen LogP) is 4.31. The lowest BCUT2D eigenvalue weighted by Crippen LogP contribution is -2.34. The molecule has 1 aliphatic carbocycles. The SMILES string of the molecule is CCOC(=O)[C@@H]1C(=O)C=C(c2cccc(C)c2)C[C@H]1c1ccccc1. The molecule has 0 saturated carbocycles. The molecule has 1 aliphatic rings. The molecule has 2 aromatic carbocycles. The van der Waals surface area contributed by atoms with Crippen LogP contribution in [0.3, 0.4) is 0 Å². The number of hydrogen-bond donors (Lipinski definition) is 0. The largest absolute Gasteiger partial charge is 0.465 e. The Kier molecular flexibility index (Phi) is 5.13. The molecule has 0 bridgehead atoms. The van der Waals surface area contributed by atoms with Gasteiger partial charge < -0.3 is 4.74 Å². The minimum Gasteiger partial charge on any atom is -0.465 e. The van der Waals surface area contributed by atoms with Crippen molar-refractivity contribution >= 4 is 17.3 Å². The van der Waals surface area contributed by atoms with Gasteiger partial charge >= 0.3 is 5.97 Å². The van der Waals surface area contributed by atoms with E-state index in [2.05, 4.69) is 6.07 Å². The fourth-order valence-electron chi connectivity index (χ4n) is 3.44. The second kappa shape index (κ2) is 7.47. The highest BCUT2D eigenvalue weighted by molar-refractivity contribution is 6.10. The third-order valence-electron chi connectivity index (χ3n) is 4.62. The van der Waals surface area contributed by atoms with E-state index in [-0.39, 0.29) is 18.3 Å². The summed E-state index contributed by atoms with van der Waals surface area (Å²) in [5.41, 5.74) is 4.15. The van der Waals surface area contributed by atoms with Gasteiger partial charge in [0.05, 0.1) is 6.61 Å². The molecule has 0 aliphatic heterocycles. The Morgan fingerprint density at radius 1 is 1.12 bits per heavy atom. The van der Waals surface area contributed by atoms with Gasteiger partial charge in [-0.3, -0.25) is 9.59 Å². The summed E-state index contributed by atoms with van der Waals surface area (Å²) in [7, 11) is 0. The summed E-state index contributed by atoms with van der Waals surface area (Å²) in [5, 5.41) is 0. The number of carbonyl (C=O) groups excluding carboxylic acids is 2. The number of aryl methyl sites for hydroxylation is 1. The van der Waals surface area contributed by atoms with Gasteiger partial charge in [0.15, 0.2) is 5.78 Å². The topological polar surface area (TPSA) is 43.4 Å². The first kappa shape index (κ1) is 17.2. The zero-order valence-electron chi connectivity index (χ0n) is 14.6. The Bertz CT molecular complexity index is 805. The van der Waals surface area contributed by atoms with Gasteiger partial charge in [-0.2, -0.15) is 0 Å². The van der Waals surface area contributed by atoms with Gasteiger partial charge in [-0.25, -0.2) is 0 Å². The second-order valence-corrected chi connectivity index (χ2v) is 6.39. The zero-order valence-corrected chi connectivity index (χ0v) is 14.6. The van der Waals surface area contributed by atoms with Crippen LogP contribution in [0.25, 0.3) is 5.57 Å². The molecule has 25 heavy (non-hydrogen) atoms. The normalized spacial score (nSPS) is 20.1. The fourth-order valence-corrected chi connectivity index (χ4v) is 3.44. The van der Waals surface area contributed by atoms with Crippen LogP contribution in [0, 0.1) is 12.8 Å². The van der Waals surface area contributed by atoms with Crippen molar-refractivity contribution in [2.24, 2.45) is 5.92 Å². The molecular weight excluding hydrogens is 312 g/mol. The first-order valence-corrected chi connectivity index (χ1v) is 8.63. The highest BCUT2D eigenvalue weighted by atomic mass is 16.5. The number of benzene rings is 2. The molecule has 0 amide bonds. The molecular formula is C22H22O3. The Morgan fingerprint density at radius 3 is 2.56 bits per heavy atom. The van der Waals surface area contributed by atoms with E-state index < -0.39 is 11.9 Å². The third-order valence-corrected chi connectivity index (χ3v) is 4.62. The number of rotatable bonds is 4. The molecule has 0 spiro atoms. The van der Waals surface area contributed by atoms with E-state index in [1.807, 2.05) is 55.5 Å². The minimum atomic E-state index is -0.768. The highest BCUT2D eigenvalue weighted by Gasteiger charge is 2.39. The van der Waals surface area contributed by atoms with Crippen LogP contribution in [-0.2, 0) is 14.3 Å². The quantitative estimate of drug-likeness (QED) is 0.618. The lowest BCUT2D eigenvalue weighted by atomic mass is 9.73. The van der Waals surface area contributed by atoms with E-state index in [9.17, 15) is 9.59 Å². The molecule has 128 valence electrons. The predicted molar refractivity (Wildman–Crippen MR) is 98.1 cm³/mol. The number of allylic oxidation sites excluding steroid dienone is 2. The minimum absolute atomic E-state index is 0.171. The average Bonchev–Trinajstić information content (AvgIpc) is 2.62. The van der Waals surface area contributed by atoms with E-state index in [0.29, 0.717) is 6.42 Å². The molecule has 0 fully saturated rings. The lowest BCUT2D eigenvalue weighted by Gasteiger charge is -2.29. The second-order valence-electron chi connectivity index (χ2n) is 6.39. The van der Waals surface area contributed by atoms with Gasteiger partial charge in [0.25, 0.3) is 0 Å². The molecule has 0 N–H and O–H groups in total. The van der Waals surface area contributed by atoms with Crippen molar-refractivity contribution in [3.05, 3.63) is 77.4 Å². The maximum atomic E-state index is 12.8. The maximum absolute atomic E-state index is 12.8. The van der Waals surface area contributed by atoms with E-state index in [4.69, 9.17) is 4.74 Å². The first-order valence-electron chi connectivity index (χ1n) is 8.63. The Labute approximate surface area is 148 Å². The molecule has 2 aromatic rings. The number of carbonyl (C=O) groups is 2. The van der Waals surface area contributed by atoms with Crippen LogP contribution in [-0.4, -0.2) is 18.4 Å². The molecule has 0 unspecified atom stereocenters. The smallest absolute Gasteiger partial charge is 0.317 e. The monoisotopic (exact) mass is 334 g/mol. The number of esters is 1. The molecule has 3 rings (SSSR count). The van der Waals surface area contributed by atoms with Gasteiger partial charge in [0.2, 0.25) is 0 Å². The van der Waals surface area contributed by atoms with Crippen LogP contribution in [0.1, 0.15) is 36.0 Å². The summed E-state index contributed by atoms with van der Waals surface area (Å²) in [4.78, 5) is 25.2. The van der Waals surface area contributed by atoms with Crippen LogP contribution in [0.2, 0.25) is 0 Å². The first-order chi connectivity index (χ1) is 12.1.